The maximum Gasteiger partial charge on any atom is 0.118 e. The van der Waals surface area contributed by atoms with E-state index in [9.17, 15) is 0 Å². The van der Waals surface area contributed by atoms with Crippen molar-refractivity contribution in [2.75, 3.05) is 20.3 Å². The Bertz CT molecular complexity index is 387. The lowest BCUT2D eigenvalue weighted by atomic mass is 9.87. The molecule has 0 bridgehead atoms. The summed E-state index contributed by atoms with van der Waals surface area (Å²) >= 11 is 0. The summed E-state index contributed by atoms with van der Waals surface area (Å²) in [6.45, 7) is 8.04. The molecule has 120 valence electrons. The summed E-state index contributed by atoms with van der Waals surface area (Å²) in [5.41, 5.74) is 1.60. The van der Waals surface area contributed by atoms with Crippen LogP contribution in [0, 0.1) is 5.41 Å². The highest BCUT2D eigenvalue weighted by molar-refractivity contribution is 5.27. The fourth-order valence-electron chi connectivity index (χ4n) is 2.37. The van der Waals surface area contributed by atoms with Gasteiger partial charge in [0.05, 0.1) is 7.11 Å². The zero-order valence-corrected chi connectivity index (χ0v) is 14.0. The first-order valence-corrected chi connectivity index (χ1v) is 7.94. The Morgan fingerprint density at radius 3 is 2.48 bits per heavy atom. The molecule has 1 unspecified atom stereocenters. The number of aliphatic hydroxyl groups is 1. The van der Waals surface area contributed by atoms with Crippen LogP contribution in [0.1, 0.15) is 45.6 Å². The van der Waals surface area contributed by atoms with Crippen LogP contribution in [-0.4, -0.2) is 31.4 Å². The molecule has 21 heavy (non-hydrogen) atoms. The summed E-state index contributed by atoms with van der Waals surface area (Å²) in [7, 11) is 1.69. The van der Waals surface area contributed by atoms with Crippen molar-refractivity contribution in [1.82, 2.24) is 5.32 Å². The minimum absolute atomic E-state index is 0.247. The van der Waals surface area contributed by atoms with Gasteiger partial charge in [-0.25, -0.2) is 0 Å². The van der Waals surface area contributed by atoms with Gasteiger partial charge in [0.2, 0.25) is 0 Å². The molecule has 3 nitrogen and oxygen atoms in total. The molecular weight excluding hydrogens is 262 g/mol. The molecule has 1 aromatic carbocycles. The van der Waals surface area contributed by atoms with Gasteiger partial charge in [-0.05, 0) is 55.7 Å². The molecule has 1 aromatic rings. The fraction of sp³-hybridized carbons (Fsp3) is 0.667. The first kappa shape index (κ1) is 18.0. The average molecular weight is 293 g/mol. The first-order valence-electron chi connectivity index (χ1n) is 7.94. The monoisotopic (exact) mass is 293 g/mol. The van der Waals surface area contributed by atoms with Crippen LogP contribution >= 0.6 is 0 Å². The van der Waals surface area contributed by atoms with E-state index in [2.05, 4.69) is 38.2 Å². The van der Waals surface area contributed by atoms with E-state index in [1.54, 1.807) is 7.11 Å². The van der Waals surface area contributed by atoms with Crippen LogP contribution in [0.15, 0.2) is 24.3 Å². The third-order valence-corrected chi connectivity index (χ3v) is 3.97. The van der Waals surface area contributed by atoms with Crippen molar-refractivity contribution in [3.8, 4) is 5.75 Å². The lowest BCUT2D eigenvalue weighted by molar-refractivity contribution is 0.232. The molecule has 0 aliphatic carbocycles. The van der Waals surface area contributed by atoms with E-state index >= 15 is 0 Å². The van der Waals surface area contributed by atoms with Gasteiger partial charge in [0.25, 0.3) is 0 Å². The van der Waals surface area contributed by atoms with Crippen LogP contribution in [0.2, 0.25) is 0 Å². The van der Waals surface area contributed by atoms with Gasteiger partial charge < -0.3 is 15.2 Å². The van der Waals surface area contributed by atoms with E-state index in [1.165, 1.54) is 5.56 Å². The standard InChI is InChI=1S/C18H31NO2/c1-15(19-14-18(2,3)12-5-13-20)6-7-16-8-10-17(21-4)11-9-16/h8-11,15,19-20H,5-7,12-14H2,1-4H3. The van der Waals surface area contributed by atoms with Crippen molar-refractivity contribution in [3.05, 3.63) is 29.8 Å². The minimum atomic E-state index is 0.247. The number of nitrogens with one attached hydrogen (secondary N) is 1. The zero-order chi connectivity index (χ0) is 15.7. The van der Waals surface area contributed by atoms with Crippen LogP contribution in [0.25, 0.3) is 0 Å². The van der Waals surface area contributed by atoms with Gasteiger partial charge >= 0.3 is 0 Å². The highest BCUT2D eigenvalue weighted by atomic mass is 16.5. The SMILES string of the molecule is COc1ccc(CCC(C)NCC(C)(C)CCCO)cc1. The molecule has 0 radical (unpaired) electrons. The van der Waals surface area contributed by atoms with Crippen LogP contribution in [0.5, 0.6) is 5.75 Å². The molecule has 1 atom stereocenters. The zero-order valence-electron chi connectivity index (χ0n) is 14.0. The van der Waals surface area contributed by atoms with Crippen LogP contribution < -0.4 is 10.1 Å². The number of aryl methyl sites for hydroxylation is 1. The lowest BCUT2D eigenvalue weighted by Crippen LogP contribution is -2.35. The number of aliphatic hydroxyl groups excluding tert-OH is 1. The van der Waals surface area contributed by atoms with Crippen molar-refractivity contribution >= 4 is 0 Å². The topological polar surface area (TPSA) is 41.5 Å². The number of methoxy groups -OCH3 is 1. The summed E-state index contributed by atoms with van der Waals surface area (Å²) in [6, 6.07) is 8.81. The Balaban J connectivity index is 2.28. The van der Waals surface area contributed by atoms with Crippen molar-refractivity contribution < 1.29 is 9.84 Å². The van der Waals surface area contributed by atoms with Crippen molar-refractivity contribution in [3.63, 3.8) is 0 Å². The molecule has 1 rings (SSSR count). The number of ether oxygens (including phenoxy) is 1. The molecule has 0 amide bonds. The molecule has 0 aliphatic heterocycles. The largest absolute Gasteiger partial charge is 0.497 e. The molecule has 0 saturated carbocycles. The summed E-state index contributed by atoms with van der Waals surface area (Å²) in [6.07, 6.45) is 4.15. The number of rotatable bonds is 10. The van der Waals surface area contributed by atoms with Gasteiger partial charge in [0.1, 0.15) is 5.75 Å². The number of hydrogen-bond donors (Lipinski definition) is 2. The van der Waals surface area contributed by atoms with Gasteiger partial charge in [-0.1, -0.05) is 26.0 Å². The Kier molecular flexibility index (Phi) is 7.76. The Morgan fingerprint density at radius 1 is 1.24 bits per heavy atom. The molecule has 0 aromatic heterocycles. The third-order valence-electron chi connectivity index (χ3n) is 3.97. The van der Waals surface area contributed by atoms with Crippen LogP contribution in [-0.2, 0) is 6.42 Å². The van der Waals surface area contributed by atoms with E-state index in [1.807, 2.05) is 12.1 Å². The summed E-state index contributed by atoms with van der Waals surface area (Å²) in [4.78, 5) is 0. The summed E-state index contributed by atoms with van der Waals surface area (Å²) in [5.74, 6) is 0.913. The molecule has 0 spiro atoms. The quantitative estimate of drug-likeness (QED) is 0.694. The predicted molar refractivity (Wildman–Crippen MR) is 88.9 cm³/mol. The van der Waals surface area contributed by atoms with Crippen molar-refractivity contribution in [2.24, 2.45) is 5.41 Å². The van der Waals surface area contributed by atoms with Gasteiger partial charge in [-0.3, -0.25) is 0 Å². The third kappa shape index (κ3) is 7.49. The maximum absolute atomic E-state index is 8.93. The Hall–Kier alpha value is -1.06. The molecule has 0 heterocycles. The minimum Gasteiger partial charge on any atom is -0.497 e. The maximum atomic E-state index is 8.93. The molecule has 0 aliphatic rings. The molecular formula is C18H31NO2. The Morgan fingerprint density at radius 2 is 1.90 bits per heavy atom. The van der Waals surface area contributed by atoms with Crippen LogP contribution in [0.4, 0.5) is 0 Å². The van der Waals surface area contributed by atoms with Crippen LogP contribution in [0.3, 0.4) is 0 Å². The normalized spacial score (nSPS) is 13.2. The second-order valence-corrected chi connectivity index (χ2v) is 6.66. The molecule has 0 fully saturated rings. The fourth-order valence-corrected chi connectivity index (χ4v) is 2.37. The van der Waals surface area contributed by atoms with E-state index in [0.717, 1.165) is 38.0 Å². The number of benzene rings is 1. The van der Waals surface area contributed by atoms with E-state index < -0.39 is 0 Å². The van der Waals surface area contributed by atoms with E-state index in [4.69, 9.17) is 9.84 Å². The Labute approximate surface area is 129 Å². The van der Waals surface area contributed by atoms with Gasteiger partial charge in [-0.15, -0.1) is 0 Å². The second kappa shape index (κ2) is 9.06. The number of hydrogen-bond acceptors (Lipinski definition) is 3. The van der Waals surface area contributed by atoms with Gasteiger partial charge in [0, 0.05) is 19.2 Å². The summed E-state index contributed by atoms with van der Waals surface area (Å²) in [5, 5.41) is 12.5. The average Bonchev–Trinajstić information content (AvgIpc) is 2.49. The van der Waals surface area contributed by atoms with E-state index in [0.29, 0.717) is 6.04 Å². The highest BCUT2D eigenvalue weighted by Gasteiger charge is 2.17. The molecule has 0 saturated heterocycles. The lowest BCUT2D eigenvalue weighted by Gasteiger charge is -2.27. The smallest absolute Gasteiger partial charge is 0.118 e. The van der Waals surface area contributed by atoms with Crippen molar-refractivity contribution in [1.29, 1.82) is 0 Å². The molecule has 3 heteroatoms. The highest BCUT2D eigenvalue weighted by Crippen LogP contribution is 2.21. The predicted octanol–water partition coefficient (Wildman–Crippen LogP) is 3.40. The molecule has 2 N–H and O–H groups in total. The first-order chi connectivity index (χ1) is 9.96. The van der Waals surface area contributed by atoms with E-state index in [-0.39, 0.29) is 12.0 Å². The van der Waals surface area contributed by atoms with Gasteiger partial charge in [0.15, 0.2) is 0 Å². The van der Waals surface area contributed by atoms with Gasteiger partial charge in [-0.2, -0.15) is 0 Å². The van der Waals surface area contributed by atoms with Crippen molar-refractivity contribution in [2.45, 2.75) is 52.5 Å². The second-order valence-electron chi connectivity index (χ2n) is 6.66. The summed E-state index contributed by atoms with van der Waals surface area (Å²) < 4.78 is 5.17.